The second-order valence-corrected chi connectivity index (χ2v) is 4.41. The van der Waals surface area contributed by atoms with Gasteiger partial charge < -0.3 is 5.32 Å². The van der Waals surface area contributed by atoms with Gasteiger partial charge in [0.15, 0.2) is 0 Å². The lowest BCUT2D eigenvalue weighted by Crippen LogP contribution is -2.27. The molecule has 0 radical (unpaired) electrons. The summed E-state index contributed by atoms with van der Waals surface area (Å²) in [5, 5.41) is 4.33. The van der Waals surface area contributed by atoms with Crippen LogP contribution >= 0.6 is 11.6 Å². The molecule has 0 heterocycles. The molecule has 0 bridgehead atoms. The molecule has 1 atom stereocenters. The summed E-state index contributed by atoms with van der Waals surface area (Å²) in [5.41, 5.74) is 1.25. The first-order valence-electron chi connectivity index (χ1n) is 5.49. The van der Waals surface area contributed by atoms with Gasteiger partial charge in [-0.15, -0.1) is 0 Å². The Bertz CT molecular complexity index is 346. The lowest BCUT2D eigenvalue weighted by molar-refractivity contribution is 0.522. The molecule has 0 aliphatic heterocycles. The van der Waals surface area contributed by atoms with E-state index in [0.29, 0.717) is 6.04 Å². The molecule has 1 aliphatic carbocycles. The molecular formula is C13H16ClN. The minimum absolute atomic E-state index is 0.540. The summed E-state index contributed by atoms with van der Waals surface area (Å²) in [6, 6.07) is 8.56. The van der Waals surface area contributed by atoms with Crippen molar-refractivity contribution in [3.63, 3.8) is 0 Å². The summed E-state index contributed by atoms with van der Waals surface area (Å²) >= 11 is 5.92. The van der Waals surface area contributed by atoms with Gasteiger partial charge in [0.25, 0.3) is 0 Å². The number of hydrogen-bond acceptors (Lipinski definition) is 1. The highest BCUT2D eigenvalue weighted by atomic mass is 35.5. The molecule has 1 aromatic rings. The van der Waals surface area contributed by atoms with Gasteiger partial charge in [0.05, 0.1) is 0 Å². The lowest BCUT2D eigenvalue weighted by atomic mass is 10.0. The molecule has 0 amide bonds. The highest BCUT2D eigenvalue weighted by Crippen LogP contribution is 2.13. The maximum atomic E-state index is 5.92. The Morgan fingerprint density at radius 3 is 3.07 bits per heavy atom. The van der Waals surface area contributed by atoms with Gasteiger partial charge in [-0.25, -0.2) is 0 Å². The first-order valence-corrected chi connectivity index (χ1v) is 5.87. The molecule has 0 fully saturated rings. The first kappa shape index (κ1) is 10.7. The molecule has 0 saturated carbocycles. The zero-order valence-electron chi connectivity index (χ0n) is 8.75. The highest BCUT2D eigenvalue weighted by Gasteiger charge is 2.06. The number of nitrogens with one attached hydrogen (secondary N) is 1. The van der Waals surface area contributed by atoms with Crippen LogP contribution in [0.4, 0.5) is 0 Å². The summed E-state index contributed by atoms with van der Waals surface area (Å²) in [6.45, 7) is 0.898. The maximum absolute atomic E-state index is 5.92. The van der Waals surface area contributed by atoms with E-state index < -0.39 is 0 Å². The van der Waals surface area contributed by atoms with E-state index in [4.69, 9.17) is 11.6 Å². The van der Waals surface area contributed by atoms with Crippen molar-refractivity contribution in [1.29, 1.82) is 0 Å². The van der Waals surface area contributed by atoms with Crippen LogP contribution in [0.2, 0.25) is 5.02 Å². The Morgan fingerprint density at radius 1 is 1.40 bits per heavy atom. The Kier molecular flexibility index (Phi) is 3.81. The molecule has 1 N–H and O–H groups in total. The highest BCUT2D eigenvalue weighted by molar-refractivity contribution is 6.30. The smallest absolute Gasteiger partial charge is 0.0409 e. The van der Waals surface area contributed by atoms with Crippen LogP contribution in [0.1, 0.15) is 24.8 Å². The molecule has 0 saturated heterocycles. The fraction of sp³-hybridized carbons (Fsp3) is 0.385. The van der Waals surface area contributed by atoms with Crippen molar-refractivity contribution in [3.8, 4) is 0 Å². The number of halogens is 1. The van der Waals surface area contributed by atoms with Crippen molar-refractivity contribution in [2.75, 3.05) is 0 Å². The number of hydrogen-bond donors (Lipinski definition) is 1. The Morgan fingerprint density at radius 2 is 2.33 bits per heavy atom. The predicted octanol–water partition coefficient (Wildman–Crippen LogP) is 3.54. The second kappa shape index (κ2) is 5.34. The van der Waals surface area contributed by atoms with E-state index in [-0.39, 0.29) is 0 Å². The molecule has 1 aliphatic rings. The van der Waals surface area contributed by atoms with Crippen LogP contribution in [0.5, 0.6) is 0 Å². The van der Waals surface area contributed by atoms with E-state index in [9.17, 15) is 0 Å². The second-order valence-electron chi connectivity index (χ2n) is 3.98. The number of benzene rings is 1. The lowest BCUT2D eigenvalue weighted by Gasteiger charge is -2.17. The molecule has 0 spiro atoms. The summed E-state index contributed by atoms with van der Waals surface area (Å²) in [4.78, 5) is 0. The van der Waals surface area contributed by atoms with E-state index in [1.54, 1.807) is 0 Å². The van der Waals surface area contributed by atoms with Gasteiger partial charge >= 0.3 is 0 Å². The van der Waals surface area contributed by atoms with Gasteiger partial charge in [-0.2, -0.15) is 0 Å². The van der Waals surface area contributed by atoms with Crippen molar-refractivity contribution >= 4 is 11.6 Å². The van der Waals surface area contributed by atoms with Crippen molar-refractivity contribution in [2.24, 2.45) is 0 Å². The van der Waals surface area contributed by atoms with Gasteiger partial charge in [0.1, 0.15) is 0 Å². The van der Waals surface area contributed by atoms with Crippen LogP contribution in [0, 0.1) is 0 Å². The first-order chi connectivity index (χ1) is 7.34. The SMILES string of the molecule is Clc1cccc(CNC2C=CCCC2)c1. The Hall–Kier alpha value is -0.790. The van der Waals surface area contributed by atoms with Crippen molar-refractivity contribution in [3.05, 3.63) is 47.0 Å². The van der Waals surface area contributed by atoms with Crippen LogP contribution in [-0.2, 0) is 6.54 Å². The van der Waals surface area contributed by atoms with Crippen molar-refractivity contribution in [2.45, 2.75) is 31.8 Å². The van der Waals surface area contributed by atoms with Gasteiger partial charge in [0.2, 0.25) is 0 Å². The zero-order valence-corrected chi connectivity index (χ0v) is 9.50. The average Bonchev–Trinajstić information content (AvgIpc) is 2.28. The third-order valence-corrected chi connectivity index (χ3v) is 2.95. The van der Waals surface area contributed by atoms with Crippen molar-refractivity contribution in [1.82, 2.24) is 5.32 Å². The summed E-state index contributed by atoms with van der Waals surface area (Å²) < 4.78 is 0. The quantitative estimate of drug-likeness (QED) is 0.770. The Balaban J connectivity index is 1.87. The fourth-order valence-corrected chi connectivity index (χ4v) is 2.09. The van der Waals surface area contributed by atoms with Gasteiger partial charge in [-0.05, 0) is 37.0 Å². The topological polar surface area (TPSA) is 12.0 Å². The molecule has 1 nitrogen and oxygen atoms in total. The molecule has 80 valence electrons. The van der Waals surface area contributed by atoms with Crippen LogP contribution in [0.25, 0.3) is 0 Å². The minimum Gasteiger partial charge on any atom is -0.306 e. The molecule has 1 aromatic carbocycles. The zero-order chi connectivity index (χ0) is 10.5. The fourth-order valence-electron chi connectivity index (χ4n) is 1.88. The van der Waals surface area contributed by atoms with E-state index >= 15 is 0 Å². The third kappa shape index (κ3) is 3.37. The maximum Gasteiger partial charge on any atom is 0.0409 e. The summed E-state index contributed by atoms with van der Waals surface area (Å²) in [7, 11) is 0. The molecule has 15 heavy (non-hydrogen) atoms. The average molecular weight is 222 g/mol. The number of allylic oxidation sites excluding steroid dienone is 1. The molecule has 1 unspecified atom stereocenters. The van der Waals surface area contributed by atoms with Crippen LogP contribution in [0.15, 0.2) is 36.4 Å². The van der Waals surface area contributed by atoms with Crippen LogP contribution in [0.3, 0.4) is 0 Å². The number of rotatable bonds is 3. The largest absolute Gasteiger partial charge is 0.306 e. The molecule has 2 rings (SSSR count). The normalized spacial score (nSPS) is 20.5. The molecular weight excluding hydrogens is 206 g/mol. The van der Waals surface area contributed by atoms with E-state index in [1.165, 1.54) is 24.8 Å². The molecule has 2 heteroatoms. The standard InChI is InChI=1S/C13H16ClN/c14-12-6-4-5-11(9-12)10-15-13-7-2-1-3-8-13/h2,4-7,9,13,15H,1,3,8,10H2. The Labute approximate surface area is 96.1 Å². The van der Waals surface area contributed by atoms with E-state index in [0.717, 1.165) is 11.6 Å². The summed E-state index contributed by atoms with van der Waals surface area (Å²) in [5.74, 6) is 0. The van der Waals surface area contributed by atoms with Crippen LogP contribution < -0.4 is 5.32 Å². The molecule has 0 aromatic heterocycles. The van der Waals surface area contributed by atoms with E-state index in [1.807, 2.05) is 18.2 Å². The van der Waals surface area contributed by atoms with Gasteiger partial charge in [0, 0.05) is 17.6 Å². The van der Waals surface area contributed by atoms with Gasteiger partial charge in [-0.3, -0.25) is 0 Å². The van der Waals surface area contributed by atoms with Crippen molar-refractivity contribution < 1.29 is 0 Å². The summed E-state index contributed by atoms with van der Waals surface area (Å²) in [6.07, 6.45) is 8.31. The minimum atomic E-state index is 0.540. The third-order valence-electron chi connectivity index (χ3n) is 2.71. The monoisotopic (exact) mass is 221 g/mol. The van der Waals surface area contributed by atoms with Gasteiger partial charge in [-0.1, -0.05) is 35.9 Å². The predicted molar refractivity (Wildman–Crippen MR) is 65.1 cm³/mol. The van der Waals surface area contributed by atoms with Crippen LogP contribution in [-0.4, -0.2) is 6.04 Å². The van der Waals surface area contributed by atoms with E-state index in [2.05, 4.69) is 23.5 Å².